The summed E-state index contributed by atoms with van der Waals surface area (Å²) in [7, 11) is 0. The van der Waals surface area contributed by atoms with E-state index in [1.165, 1.54) is 0 Å². The lowest BCUT2D eigenvalue weighted by molar-refractivity contribution is 0.0783. The topological polar surface area (TPSA) is 75.1 Å². The van der Waals surface area contributed by atoms with Crippen LogP contribution in [0.5, 0.6) is 0 Å². The smallest absolute Gasteiger partial charge is 0.254 e. The predicted octanol–water partition coefficient (Wildman–Crippen LogP) is 3.91. The molecule has 0 unspecified atom stereocenters. The second-order valence-corrected chi connectivity index (χ2v) is 9.38. The molecule has 2 saturated heterocycles. The molecule has 1 amide bonds. The van der Waals surface area contributed by atoms with E-state index in [1.807, 2.05) is 79.5 Å². The van der Waals surface area contributed by atoms with Crippen molar-refractivity contribution in [3.63, 3.8) is 0 Å². The first-order valence-electron chi connectivity index (χ1n) is 11.7. The standard InChI is InChI=1S/C27H26N6O/c1-17-11-18(2)30-27(29-17)33-15-20-13-32(14-21(20)16-33)26(34)23-9-5-4-8-22(23)25-28-12-19-7-3-6-10-24(19)31-25/h3-12,20-21H,13-16H2,1-2H3/t20-,21+. The highest BCUT2D eigenvalue weighted by Gasteiger charge is 2.42. The Morgan fingerprint density at radius 1 is 0.853 bits per heavy atom. The summed E-state index contributed by atoms with van der Waals surface area (Å²) >= 11 is 0. The normalized spacial score (nSPS) is 19.6. The molecule has 2 atom stereocenters. The van der Waals surface area contributed by atoms with E-state index in [1.54, 1.807) is 0 Å². The van der Waals surface area contributed by atoms with E-state index in [-0.39, 0.29) is 5.91 Å². The molecular weight excluding hydrogens is 424 g/mol. The minimum Gasteiger partial charge on any atom is -0.340 e. The number of aryl methyl sites for hydroxylation is 2. The number of rotatable bonds is 3. The number of amides is 1. The summed E-state index contributed by atoms with van der Waals surface area (Å²) in [6, 6.07) is 17.6. The molecule has 34 heavy (non-hydrogen) atoms. The number of para-hydroxylation sites is 1. The van der Waals surface area contributed by atoms with Crippen LogP contribution in [0.4, 0.5) is 5.95 Å². The minimum atomic E-state index is 0.0518. The van der Waals surface area contributed by atoms with E-state index in [0.29, 0.717) is 23.2 Å². The minimum absolute atomic E-state index is 0.0518. The van der Waals surface area contributed by atoms with E-state index in [2.05, 4.69) is 19.9 Å². The van der Waals surface area contributed by atoms with Gasteiger partial charge in [0.15, 0.2) is 5.82 Å². The van der Waals surface area contributed by atoms with Gasteiger partial charge in [0.1, 0.15) is 0 Å². The van der Waals surface area contributed by atoms with Gasteiger partial charge in [0, 0.05) is 66.5 Å². The fourth-order valence-electron chi connectivity index (χ4n) is 5.31. The molecule has 7 nitrogen and oxygen atoms in total. The van der Waals surface area contributed by atoms with Gasteiger partial charge in [-0.3, -0.25) is 4.79 Å². The molecule has 0 spiro atoms. The molecular formula is C27H26N6O. The highest BCUT2D eigenvalue weighted by molar-refractivity contribution is 6.00. The summed E-state index contributed by atoms with van der Waals surface area (Å²) in [5, 5.41) is 0.986. The van der Waals surface area contributed by atoms with E-state index in [9.17, 15) is 4.79 Å². The lowest BCUT2D eigenvalue weighted by Crippen LogP contribution is -2.34. The van der Waals surface area contributed by atoms with Crippen molar-refractivity contribution < 1.29 is 4.79 Å². The number of hydrogen-bond donors (Lipinski definition) is 0. The average Bonchev–Trinajstić information content (AvgIpc) is 3.42. The van der Waals surface area contributed by atoms with Crippen molar-refractivity contribution >= 4 is 22.8 Å². The summed E-state index contributed by atoms with van der Waals surface area (Å²) in [6.45, 7) is 7.27. The summed E-state index contributed by atoms with van der Waals surface area (Å²) in [5.74, 6) is 2.30. The Bertz CT molecular complexity index is 1370. The first kappa shape index (κ1) is 20.7. The third kappa shape index (κ3) is 3.67. The van der Waals surface area contributed by atoms with Gasteiger partial charge in [0.2, 0.25) is 5.95 Å². The average molecular weight is 451 g/mol. The van der Waals surface area contributed by atoms with Crippen LogP contribution in [0.2, 0.25) is 0 Å². The number of benzene rings is 2. The molecule has 6 rings (SSSR count). The van der Waals surface area contributed by atoms with E-state index in [0.717, 1.165) is 60.0 Å². The molecule has 0 radical (unpaired) electrons. The fraction of sp³-hybridized carbons (Fsp3) is 0.296. The molecule has 2 aliphatic heterocycles. The SMILES string of the molecule is Cc1cc(C)nc(N2C[C@H]3CN(C(=O)c4ccccc4-c4ncc5ccccc5n4)C[C@H]3C2)n1. The van der Waals surface area contributed by atoms with Crippen LogP contribution < -0.4 is 4.90 Å². The first-order chi connectivity index (χ1) is 16.5. The van der Waals surface area contributed by atoms with Gasteiger partial charge in [-0.1, -0.05) is 36.4 Å². The van der Waals surface area contributed by atoms with Gasteiger partial charge >= 0.3 is 0 Å². The van der Waals surface area contributed by atoms with Crippen LogP contribution >= 0.6 is 0 Å². The number of hydrogen-bond acceptors (Lipinski definition) is 6. The van der Waals surface area contributed by atoms with Crippen molar-refractivity contribution in [2.75, 3.05) is 31.1 Å². The number of nitrogens with zero attached hydrogens (tertiary/aromatic N) is 6. The molecule has 4 heterocycles. The van der Waals surface area contributed by atoms with E-state index >= 15 is 0 Å². The van der Waals surface area contributed by atoms with E-state index in [4.69, 9.17) is 4.98 Å². The highest BCUT2D eigenvalue weighted by Crippen LogP contribution is 2.34. The molecule has 2 aliphatic rings. The first-order valence-corrected chi connectivity index (χ1v) is 11.7. The molecule has 7 heteroatoms. The highest BCUT2D eigenvalue weighted by atomic mass is 16.2. The van der Waals surface area contributed by atoms with Gasteiger partial charge in [-0.25, -0.2) is 19.9 Å². The molecule has 0 aliphatic carbocycles. The van der Waals surface area contributed by atoms with Crippen LogP contribution in [0, 0.1) is 25.7 Å². The quantitative estimate of drug-likeness (QED) is 0.471. The summed E-state index contributed by atoms with van der Waals surface area (Å²) in [4.78, 5) is 36.4. The van der Waals surface area contributed by atoms with Gasteiger partial charge in [-0.15, -0.1) is 0 Å². The zero-order valence-corrected chi connectivity index (χ0v) is 19.3. The summed E-state index contributed by atoms with van der Waals surface area (Å²) < 4.78 is 0. The van der Waals surface area contributed by atoms with Crippen molar-refractivity contribution in [3.05, 3.63) is 77.7 Å². The lowest BCUT2D eigenvalue weighted by Gasteiger charge is -2.23. The zero-order chi connectivity index (χ0) is 23.2. The van der Waals surface area contributed by atoms with Crippen molar-refractivity contribution in [2.45, 2.75) is 13.8 Å². The maximum atomic E-state index is 13.6. The molecule has 2 aromatic heterocycles. The van der Waals surface area contributed by atoms with Gasteiger partial charge in [0.25, 0.3) is 5.91 Å². The van der Waals surface area contributed by atoms with Crippen LogP contribution in [0.3, 0.4) is 0 Å². The largest absolute Gasteiger partial charge is 0.340 e. The number of anilines is 1. The molecule has 0 saturated carbocycles. The molecule has 0 bridgehead atoms. The van der Waals surface area contributed by atoms with Crippen LogP contribution in [0.15, 0.2) is 60.8 Å². The molecule has 170 valence electrons. The number of likely N-dealkylation sites (tertiary alicyclic amines) is 1. The number of carbonyl (C=O) groups excluding carboxylic acids is 1. The van der Waals surface area contributed by atoms with Crippen LogP contribution in [0.25, 0.3) is 22.3 Å². The zero-order valence-electron chi connectivity index (χ0n) is 19.3. The molecule has 2 fully saturated rings. The van der Waals surface area contributed by atoms with Crippen molar-refractivity contribution in [2.24, 2.45) is 11.8 Å². The third-order valence-corrected chi connectivity index (χ3v) is 6.91. The molecule has 0 N–H and O–H groups in total. The fourth-order valence-corrected chi connectivity index (χ4v) is 5.31. The monoisotopic (exact) mass is 450 g/mol. The third-order valence-electron chi connectivity index (χ3n) is 6.91. The predicted molar refractivity (Wildman–Crippen MR) is 132 cm³/mol. The van der Waals surface area contributed by atoms with Gasteiger partial charge in [-0.2, -0.15) is 0 Å². The van der Waals surface area contributed by atoms with Crippen LogP contribution in [0.1, 0.15) is 21.7 Å². The van der Waals surface area contributed by atoms with Gasteiger partial charge < -0.3 is 9.80 Å². The van der Waals surface area contributed by atoms with Crippen molar-refractivity contribution in [1.29, 1.82) is 0 Å². The van der Waals surface area contributed by atoms with Crippen LogP contribution in [-0.2, 0) is 0 Å². The second-order valence-electron chi connectivity index (χ2n) is 9.38. The Balaban J connectivity index is 1.22. The number of fused-ring (bicyclic) bond motifs is 2. The Hall–Kier alpha value is -3.87. The Morgan fingerprint density at radius 3 is 2.29 bits per heavy atom. The number of aromatic nitrogens is 4. The molecule has 2 aromatic carbocycles. The van der Waals surface area contributed by atoms with Crippen molar-refractivity contribution in [3.8, 4) is 11.4 Å². The second kappa shape index (κ2) is 8.17. The van der Waals surface area contributed by atoms with Crippen LogP contribution in [-0.4, -0.2) is 56.9 Å². The summed E-state index contributed by atoms with van der Waals surface area (Å²) in [6.07, 6.45) is 1.82. The molecule has 4 aromatic rings. The maximum absolute atomic E-state index is 13.6. The van der Waals surface area contributed by atoms with Gasteiger partial charge in [-0.05, 0) is 32.0 Å². The van der Waals surface area contributed by atoms with E-state index < -0.39 is 0 Å². The van der Waals surface area contributed by atoms with Crippen molar-refractivity contribution in [1.82, 2.24) is 24.8 Å². The van der Waals surface area contributed by atoms with Gasteiger partial charge in [0.05, 0.1) is 11.1 Å². The lowest BCUT2D eigenvalue weighted by atomic mass is 10.0. The number of carbonyl (C=O) groups is 1. The maximum Gasteiger partial charge on any atom is 0.254 e. The Kier molecular flexibility index (Phi) is 4.98. The Morgan fingerprint density at radius 2 is 1.53 bits per heavy atom. The summed E-state index contributed by atoms with van der Waals surface area (Å²) in [5.41, 5.74) is 4.29. The Labute approximate surface area is 198 Å².